The number of halogens is 3. The Balaban J connectivity index is 2.06. The van der Waals surface area contributed by atoms with Crippen LogP contribution in [-0.4, -0.2) is 44.3 Å². The molecule has 0 aliphatic rings. The van der Waals surface area contributed by atoms with Gasteiger partial charge in [0.15, 0.2) is 0 Å². The topological polar surface area (TPSA) is 86.8 Å². The zero-order valence-corrected chi connectivity index (χ0v) is 24.8. The number of carbonyl (C=O) groups excluding carboxylic acids is 2. The fraction of sp³-hybridized carbons (Fsp3) is 0.310. The maximum Gasteiger partial charge on any atom is 0.264 e. The van der Waals surface area contributed by atoms with Crippen LogP contribution < -0.4 is 9.62 Å². The van der Waals surface area contributed by atoms with Crippen LogP contribution in [0.3, 0.4) is 0 Å². The molecular weight excluding hydrogens is 576 g/mol. The molecule has 3 aromatic carbocycles. The number of rotatable bonds is 12. The number of nitrogens with zero attached hydrogens (tertiary/aromatic N) is 2. The van der Waals surface area contributed by atoms with Crippen molar-refractivity contribution >= 4 is 50.7 Å². The average molecular weight is 609 g/mol. The van der Waals surface area contributed by atoms with Gasteiger partial charge in [-0.25, -0.2) is 12.8 Å². The molecule has 214 valence electrons. The molecule has 0 bridgehead atoms. The summed E-state index contributed by atoms with van der Waals surface area (Å²) in [5, 5.41) is 3.48. The van der Waals surface area contributed by atoms with Gasteiger partial charge in [0, 0.05) is 28.7 Å². The van der Waals surface area contributed by atoms with Crippen molar-refractivity contribution in [2.75, 3.05) is 17.4 Å². The molecule has 0 aromatic heterocycles. The molecule has 1 N–H and O–H groups in total. The molecule has 0 saturated heterocycles. The van der Waals surface area contributed by atoms with Crippen molar-refractivity contribution in [2.24, 2.45) is 5.92 Å². The third-order valence-corrected chi connectivity index (χ3v) is 8.68. The maximum absolute atomic E-state index is 14.0. The number of nitrogens with one attached hydrogen (secondary N) is 1. The molecule has 2 amide bonds. The number of hydrogen-bond acceptors (Lipinski definition) is 4. The van der Waals surface area contributed by atoms with E-state index in [1.807, 2.05) is 13.8 Å². The van der Waals surface area contributed by atoms with E-state index >= 15 is 0 Å². The molecule has 0 saturated carbocycles. The maximum atomic E-state index is 14.0. The van der Waals surface area contributed by atoms with E-state index in [9.17, 15) is 22.4 Å². The molecule has 7 nitrogen and oxygen atoms in total. The van der Waals surface area contributed by atoms with Crippen LogP contribution in [0, 0.1) is 11.7 Å². The van der Waals surface area contributed by atoms with Crippen LogP contribution >= 0.6 is 23.2 Å². The second-order valence-corrected chi connectivity index (χ2v) is 12.3. The Kier molecular flexibility index (Phi) is 11.0. The van der Waals surface area contributed by atoms with Crippen molar-refractivity contribution in [3.8, 4) is 0 Å². The summed E-state index contributed by atoms with van der Waals surface area (Å²) in [6, 6.07) is 16.4. The van der Waals surface area contributed by atoms with Gasteiger partial charge in [0.2, 0.25) is 11.8 Å². The highest BCUT2D eigenvalue weighted by molar-refractivity contribution is 7.92. The van der Waals surface area contributed by atoms with E-state index in [-0.39, 0.29) is 35.4 Å². The van der Waals surface area contributed by atoms with Gasteiger partial charge in [0.25, 0.3) is 10.0 Å². The Morgan fingerprint density at radius 3 is 2.08 bits per heavy atom. The van der Waals surface area contributed by atoms with Crippen molar-refractivity contribution in [1.82, 2.24) is 10.2 Å². The first kappa shape index (κ1) is 31.4. The number of para-hydroxylation sites is 1. The van der Waals surface area contributed by atoms with E-state index in [2.05, 4.69) is 5.32 Å². The summed E-state index contributed by atoms with van der Waals surface area (Å²) >= 11 is 12.8. The Bertz CT molecular complexity index is 1400. The van der Waals surface area contributed by atoms with Gasteiger partial charge in [-0.3, -0.25) is 13.9 Å². The first-order valence-electron chi connectivity index (χ1n) is 12.8. The van der Waals surface area contributed by atoms with Gasteiger partial charge in [-0.1, -0.05) is 68.2 Å². The monoisotopic (exact) mass is 607 g/mol. The zero-order valence-electron chi connectivity index (χ0n) is 22.5. The largest absolute Gasteiger partial charge is 0.354 e. The van der Waals surface area contributed by atoms with Crippen molar-refractivity contribution in [1.29, 1.82) is 0 Å². The molecule has 0 aliphatic carbocycles. The van der Waals surface area contributed by atoms with Crippen LogP contribution in [0.15, 0.2) is 77.7 Å². The van der Waals surface area contributed by atoms with Crippen LogP contribution in [0.5, 0.6) is 0 Å². The lowest BCUT2D eigenvalue weighted by Crippen LogP contribution is -2.52. The molecule has 0 heterocycles. The highest BCUT2D eigenvalue weighted by Crippen LogP contribution is 2.28. The van der Waals surface area contributed by atoms with Gasteiger partial charge in [-0.15, -0.1) is 0 Å². The Labute approximate surface area is 244 Å². The van der Waals surface area contributed by atoms with E-state index in [4.69, 9.17) is 23.2 Å². The number of benzene rings is 3. The van der Waals surface area contributed by atoms with Crippen LogP contribution in [-0.2, 0) is 26.2 Å². The van der Waals surface area contributed by atoms with Crippen molar-refractivity contribution in [3.05, 3.63) is 94.2 Å². The number of amides is 2. The first-order chi connectivity index (χ1) is 18.9. The van der Waals surface area contributed by atoms with Crippen LogP contribution in [0.25, 0.3) is 0 Å². The van der Waals surface area contributed by atoms with Crippen molar-refractivity contribution in [3.63, 3.8) is 0 Å². The zero-order chi connectivity index (χ0) is 29.4. The molecule has 3 rings (SSSR count). The predicted molar refractivity (Wildman–Crippen MR) is 156 cm³/mol. The average Bonchev–Trinajstić information content (AvgIpc) is 2.92. The molecule has 0 radical (unpaired) electrons. The summed E-state index contributed by atoms with van der Waals surface area (Å²) in [6.45, 7) is 5.32. The fourth-order valence-electron chi connectivity index (χ4n) is 4.05. The summed E-state index contributed by atoms with van der Waals surface area (Å²) < 4.78 is 42.0. The molecule has 40 heavy (non-hydrogen) atoms. The van der Waals surface area contributed by atoms with Gasteiger partial charge in [-0.05, 0) is 60.9 Å². The number of hydrogen-bond donors (Lipinski definition) is 1. The normalized spacial score (nSPS) is 12.2. The molecule has 0 fully saturated rings. The third kappa shape index (κ3) is 7.74. The molecule has 0 aliphatic heterocycles. The molecule has 11 heteroatoms. The molecule has 0 spiro atoms. The summed E-state index contributed by atoms with van der Waals surface area (Å²) in [7, 11) is -4.30. The highest BCUT2D eigenvalue weighted by Gasteiger charge is 2.34. The molecule has 3 aromatic rings. The fourth-order valence-corrected chi connectivity index (χ4v) is 5.98. The lowest BCUT2D eigenvalue weighted by atomic mass is 10.1. The van der Waals surface area contributed by atoms with Gasteiger partial charge < -0.3 is 10.2 Å². The third-order valence-electron chi connectivity index (χ3n) is 6.19. The summed E-state index contributed by atoms with van der Waals surface area (Å²) in [5.41, 5.74) is 0.662. The van der Waals surface area contributed by atoms with E-state index in [0.717, 1.165) is 28.6 Å². The minimum atomic E-state index is -4.30. The van der Waals surface area contributed by atoms with Crippen LogP contribution in [0.2, 0.25) is 10.0 Å². The number of carbonyl (C=O) groups is 2. The van der Waals surface area contributed by atoms with Crippen molar-refractivity contribution < 1.29 is 22.4 Å². The smallest absolute Gasteiger partial charge is 0.264 e. The summed E-state index contributed by atoms with van der Waals surface area (Å²) in [4.78, 5) is 28.4. The minimum Gasteiger partial charge on any atom is -0.354 e. The first-order valence-corrected chi connectivity index (χ1v) is 15.0. The van der Waals surface area contributed by atoms with E-state index in [1.54, 1.807) is 55.5 Å². The Morgan fingerprint density at radius 1 is 0.925 bits per heavy atom. The van der Waals surface area contributed by atoms with Crippen LogP contribution in [0.1, 0.15) is 32.8 Å². The molecule has 1 atom stereocenters. The highest BCUT2D eigenvalue weighted by atomic mass is 35.5. The number of sulfonamides is 1. The van der Waals surface area contributed by atoms with Gasteiger partial charge >= 0.3 is 0 Å². The van der Waals surface area contributed by atoms with Crippen LogP contribution in [0.4, 0.5) is 10.1 Å². The lowest BCUT2D eigenvalue weighted by Gasteiger charge is -2.33. The summed E-state index contributed by atoms with van der Waals surface area (Å²) in [5.74, 6) is -1.43. The van der Waals surface area contributed by atoms with Gasteiger partial charge in [-0.2, -0.15) is 0 Å². The second-order valence-electron chi connectivity index (χ2n) is 9.59. The standard InChI is InChI=1S/C29H32Cl2FN3O4S/c1-4-27(29(37)33-17-20(2)3)34(18-24-25(30)11-8-12-26(24)31)28(36)19-35(22-9-6-5-7-10-22)40(38,39)23-15-13-21(32)14-16-23/h5-16,20,27H,4,17-19H2,1-3H3,(H,33,37). The second kappa shape index (κ2) is 14.0. The Hall–Kier alpha value is -3.14. The quantitative estimate of drug-likeness (QED) is 0.277. The minimum absolute atomic E-state index is 0.121. The van der Waals surface area contributed by atoms with E-state index in [1.165, 1.54) is 4.90 Å². The lowest BCUT2D eigenvalue weighted by molar-refractivity contribution is -0.140. The molecular formula is C29H32Cl2FN3O4S. The number of anilines is 1. The van der Waals surface area contributed by atoms with Gasteiger partial charge in [0.05, 0.1) is 10.6 Å². The van der Waals surface area contributed by atoms with E-state index < -0.39 is 34.3 Å². The van der Waals surface area contributed by atoms with Crippen molar-refractivity contribution in [2.45, 2.75) is 44.7 Å². The predicted octanol–water partition coefficient (Wildman–Crippen LogP) is 5.91. The SMILES string of the molecule is CCC(C(=O)NCC(C)C)N(Cc1c(Cl)cccc1Cl)C(=O)CN(c1ccccc1)S(=O)(=O)c1ccc(F)cc1. The molecule has 1 unspecified atom stereocenters. The summed E-state index contributed by atoms with van der Waals surface area (Å²) in [6.07, 6.45) is 0.258. The Morgan fingerprint density at radius 2 is 1.52 bits per heavy atom. The van der Waals surface area contributed by atoms with E-state index in [0.29, 0.717) is 22.2 Å². The van der Waals surface area contributed by atoms with Gasteiger partial charge in [0.1, 0.15) is 18.4 Å².